The van der Waals surface area contributed by atoms with Gasteiger partial charge in [0.15, 0.2) is 0 Å². The molecule has 20 heavy (non-hydrogen) atoms. The van der Waals surface area contributed by atoms with Gasteiger partial charge in [-0.3, -0.25) is 9.78 Å². The average molecular weight is 290 g/mol. The van der Waals surface area contributed by atoms with E-state index in [0.29, 0.717) is 11.6 Å². The van der Waals surface area contributed by atoms with Gasteiger partial charge in [-0.15, -0.1) is 11.3 Å². The minimum Gasteiger partial charge on any atom is -0.364 e. The van der Waals surface area contributed by atoms with Crippen molar-refractivity contribution in [1.82, 2.24) is 4.98 Å². The molecule has 4 heteroatoms. The third-order valence-corrected chi connectivity index (χ3v) is 4.98. The quantitative estimate of drug-likeness (QED) is 0.765. The maximum Gasteiger partial charge on any atom is 0.267 e. The van der Waals surface area contributed by atoms with Gasteiger partial charge < -0.3 is 5.73 Å². The predicted octanol–water partition coefficient (Wildman–Crippen LogP) is 4.47. The van der Waals surface area contributed by atoms with Gasteiger partial charge in [-0.25, -0.2) is 0 Å². The van der Waals surface area contributed by atoms with Gasteiger partial charge in [-0.1, -0.05) is 33.1 Å². The number of fused-ring (bicyclic) bond motifs is 1. The lowest BCUT2D eigenvalue weighted by Gasteiger charge is -2.12. The van der Waals surface area contributed by atoms with Gasteiger partial charge in [0.05, 0.1) is 0 Å². The van der Waals surface area contributed by atoms with Crippen LogP contribution in [0.4, 0.5) is 0 Å². The number of thiophene rings is 1. The van der Waals surface area contributed by atoms with E-state index in [1.807, 2.05) is 6.07 Å². The second kappa shape index (κ2) is 6.84. The lowest BCUT2D eigenvalue weighted by atomic mass is 9.97. The van der Waals surface area contributed by atoms with E-state index in [4.69, 9.17) is 5.73 Å². The number of nitrogens with two attached hydrogens (primary N) is 1. The molecule has 2 aromatic heterocycles. The number of amides is 1. The van der Waals surface area contributed by atoms with Crippen LogP contribution >= 0.6 is 11.3 Å². The smallest absolute Gasteiger partial charge is 0.267 e. The molecular weight excluding hydrogens is 268 g/mol. The molecule has 2 rings (SSSR count). The summed E-state index contributed by atoms with van der Waals surface area (Å²) in [7, 11) is 0. The van der Waals surface area contributed by atoms with Gasteiger partial charge in [0.1, 0.15) is 5.69 Å². The molecule has 0 saturated carbocycles. The summed E-state index contributed by atoms with van der Waals surface area (Å²) in [6.45, 7) is 4.48. The van der Waals surface area contributed by atoms with E-state index in [1.165, 1.54) is 30.6 Å². The van der Waals surface area contributed by atoms with Crippen LogP contribution in [0.5, 0.6) is 0 Å². The number of aromatic nitrogens is 1. The highest BCUT2D eigenvalue weighted by molar-refractivity contribution is 7.19. The normalized spacial score (nSPS) is 12.7. The van der Waals surface area contributed by atoms with Gasteiger partial charge in [0.2, 0.25) is 0 Å². The molecule has 1 atom stereocenters. The number of unbranched alkanes of at least 4 members (excludes halogenated alkanes) is 2. The number of rotatable bonds is 7. The first-order valence-electron chi connectivity index (χ1n) is 7.35. The summed E-state index contributed by atoms with van der Waals surface area (Å²) in [5, 5.41) is 1.11. The summed E-state index contributed by atoms with van der Waals surface area (Å²) in [5.74, 6) is 0.160. The predicted molar refractivity (Wildman–Crippen MR) is 85.3 cm³/mol. The number of primary amides is 1. The topological polar surface area (TPSA) is 56.0 Å². The maximum atomic E-state index is 11.2. The fourth-order valence-corrected chi connectivity index (χ4v) is 3.77. The van der Waals surface area contributed by atoms with Crippen LogP contribution in [-0.2, 0) is 0 Å². The number of nitrogens with zero attached hydrogens (tertiary/aromatic N) is 1. The van der Waals surface area contributed by atoms with Crippen LogP contribution in [0.25, 0.3) is 10.1 Å². The van der Waals surface area contributed by atoms with Crippen LogP contribution < -0.4 is 5.73 Å². The lowest BCUT2D eigenvalue weighted by molar-refractivity contribution is 0.0996. The molecule has 0 fully saturated rings. The van der Waals surface area contributed by atoms with Crippen molar-refractivity contribution in [2.45, 2.75) is 51.9 Å². The monoisotopic (exact) mass is 290 g/mol. The lowest BCUT2D eigenvalue weighted by Crippen LogP contribution is -2.12. The Labute approximate surface area is 124 Å². The largest absolute Gasteiger partial charge is 0.364 e. The third kappa shape index (κ3) is 3.37. The van der Waals surface area contributed by atoms with Gasteiger partial charge in [0.25, 0.3) is 5.91 Å². The van der Waals surface area contributed by atoms with Gasteiger partial charge in [-0.2, -0.15) is 0 Å². The van der Waals surface area contributed by atoms with Gasteiger partial charge in [0, 0.05) is 21.2 Å². The Kier molecular flexibility index (Phi) is 5.12. The first-order valence-corrected chi connectivity index (χ1v) is 8.16. The van der Waals surface area contributed by atoms with Crippen molar-refractivity contribution < 1.29 is 4.79 Å². The molecule has 0 bridgehead atoms. The molecule has 3 nitrogen and oxygen atoms in total. The van der Waals surface area contributed by atoms with Crippen molar-refractivity contribution >= 4 is 27.3 Å². The van der Waals surface area contributed by atoms with E-state index < -0.39 is 5.91 Å². The fourth-order valence-electron chi connectivity index (χ4n) is 2.48. The molecule has 0 saturated heterocycles. The molecule has 1 unspecified atom stereocenters. The van der Waals surface area contributed by atoms with Crippen LogP contribution in [0.3, 0.4) is 0 Å². The van der Waals surface area contributed by atoms with Crippen LogP contribution in [-0.4, -0.2) is 10.9 Å². The Morgan fingerprint density at radius 3 is 2.80 bits per heavy atom. The Morgan fingerprint density at radius 1 is 1.35 bits per heavy atom. The summed E-state index contributed by atoms with van der Waals surface area (Å²) in [6.07, 6.45) is 8.01. The van der Waals surface area contributed by atoms with E-state index >= 15 is 0 Å². The van der Waals surface area contributed by atoms with Crippen LogP contribution in [0.1, 0.15) is 67.2 Å². The van der Waals surface area contributed by atoms with E-state index in [0.717, 1.165) is 16.5 Å². The van der Waals surface area contributed by atoms with Crippen LogP contribution in [0, 0.1) is 0 Å². The van der Waals surface area contributed by atoms with Crippen molar-refractivity contribution in [3.05, 3.63) is 28.9 Å². The molecule has 0 aliphatic carbocycles. The van der Waals surface area contributed by atoms with E-state index in [-0.39, 0.29) is 0 Å². The summed E-state index contributed by atoms with van der Waals surface area (Å²) in [4.78, 5) is 16.7. The highest BCUT2D eigenvalue weighted by Crippen LogP contribution is 2.35. The average Bonchev–Trinajstić information content (AvgIpc) is 2.86. The Hall–Kier alpha value is -1.42. The van der Waals surface area contributed by atoms with Crippen molar-refractivity contribution in [2.75, 3.05) is 0 Å². The van der Waals surface area contributed by atoms with Crippen LogP contribution in [0.2, 0.25) is 0 Å². The minimum atomic E-state index is -0.461. The van der Waals surface area contributed by atoms with E-state index in [9.17, 15) is 4.79 Å². The SMILES string of the molecule is CCCCCC(CC)c1cc2cnc(C(N)=O)cc2s1. The fraction of sp³-hybridized carbons (Fsp3) is 0.500. The Balaban J connectivity index is 2.23. The first-order chi connectivity index (χ1) is 9.65. The van der Waals surface area contributed by atoms with Crippen molar-refractivity contribution in [2.24, 2.45) is 5.73 Å². The molecule has 0 aromatic carbocycles. The Morgan fingerprint density at radius 2 is 2.15 bits per heavy atom. The molecule has 0 aliphatic rings. The third-order valence-electron chi connectivity index (χ3n) is 3.72. The Bertz CT molecular complexity index is 591. The second-order valence-corrected chi connectivity index (χ2v) is 6.34. The van der Waals surface area contributed by atoms with Crippen molar-refractivity contribution in [3.8, 4) is 0 Å². The molecule has 0 spiro atoms. The van der Waals surface area contributed by atoms with E-state index in [2.05, 4.69) is 24.9 Å². The minimum absolute atomic E-state index is 0.352. The second-order valence-electron chi connectivity index (χ2n) is 5.22. The summed E-state index contributed by atoms with van der Waals surface area (Å²) in [5.41, 5.74) is 5.63. The molecular formula is C16H22N2OS. The molecule has 2 aromatic rings. The van der Waals surface area contributed by atoms with Crippen molar-refractivity contribution in [1.29, 1.82) is 0 Å². The summed E-state index contributed by atoms with van der Waals surface area (Å²) < 4.78 is 1.11. The molecule has 108 valence electrons. The van der Waals surface area contributed by atoms with E-state index in [1.54, 1.807) is 17.5 Å². The van der Waals surface area contributed by atoms with Crippen molar-refractivity contribution in [3.63, 3.8) is 0 Å². The highest BCUT2D eigenvalue weighted by Gasteiger charge is 2.14. The molecule has 1 amide bonds. The molecule has 2 heterocycles. The number of carbonyl (C=O) groups excluding carboxylic acids is 1. The zero-order valence-electron chi connectivity index (χ0n) is 12.2. The number of pyridine rings is 1. The van der Waals surface area contributed by atoms with Gasteiger partial charge in [-0.05, 0) is 30.9 Å². The zero-order chi connectivity index (χ0) is 14.5. The standard InChI is InChI=1S/C16H22N2OS/c1-3-5-6-7-11(4-2)14-8-12-10-18-13(16(17)19)9-15(12)20-14/h8-11H,3-7H2,1-2H3,(H2,17,19). The summed E-state index contributed by atoms with van der Waals surface area (Å²) in [6, 6.07) is 4.03. The van der Waals surface area contributed by atoms with Gasteiger partial charge >= 0.3 is 0 Å². The molecule has 2 N–H and O–H groups in total. The molecule has 0 radical (unpaired) electrons. The van der Waals surface area contributed by atoms with Crippen LogP contribution in [0.15, 0.2) is 18.3 Å². The number of hydrogen-bond donors (Lipinski definition) is 1. The maximum absolute atomic E-state index is 11.2. The number of hydrogen-bond acceptors (Lipinski definition) is 3. The zero-order valence-corrected chi connectivity index (χ0v) is 13.0. The first kappa shape index (κ1) is 15.0. The molecule has 0 aliphatic heterocycles. The summed E-state index contributed by atoms with van der Waals surface area (Å²) >= 11 is 1.77. The highest BCUT2D eigenvalue weighted by atomic mass is 32.1. The number of carbonyl (C=O) groups is 1.